The maximum atomic E-state index is 13.4. The Morgan fingerprint density at radius 2 is 1.88 bits per heavy atom. The molecule has 0 bridgehead atoms. The summed E-state index contributed by atoms with van der Waals surface area (Å²) in [5, 5.41) is 8.55. The minimum atomic E-state index is -0.256. The van der Waals surface area contributed by atoms with Crippen LogP contribution in [0.15, 0.2) is 62.0 Å². The Bertz CT molecular complexity index is 1520. The van der Waals surface area contributed by atoms with Gasteiger partial charge in [-0.3, -0.25) is 9.59 Å². The number of thioether (sulfide) groups is 1. The van der Waals surface area contributed by atoms with Crippen LogP contribution in [0.2, 0.25) is 0 Å². The van der Waals surface area contributed by atoms with E-state index in [0.29, 0.717) is 31.6 Å². The zero-order valence-corrected chi connectivity index (χ0v) is 21.3. The van der Waals surface area contributed by atoms with Crippen LogP contribution in [0, 0.1) is 20.8 Å². The van der Waals surface area contributed by atoms with Crippen LogP contribution in [0.1, 0.15) is 31.9 Å². The molecule has 2 aromatic carbocycles. The van der Waals surface area contributed by atoms with Crippen molar-refractivity contribution in [2.45, 2.75) is 25.9 Å². The minimum absolute atomic E-state index is 0.242. The van der Waals surface area contributed by atoms with Crippen molar-refractivity contribution in [3.05, 3.63) is 84.4 Å². The van der Waals surface area contributed by atoms with Gasteiger partial charge in [-0.1, -0.05) is 45.9 Å². The van der Waals surface area contributed by atoms with E-state index in [2.05, 4.69) is 37.4 Å². The maximum absolute atomic E-state index is 13.4. The van der Waals surface area contributed by atoms with Crippen LogP contribution in [0.5, 0.6) is 0 Å². The van der Waals surface area contributed by atoms with Gasteiger partial charge in [0, 0.05) is 15.9 Å². The second-order valence-corrected chi connectivity index (χ2v) is 10.8. The van der Waals surface area contributed by atoms with E-state index in [1.807, 2.05) is 50.2 Å². The van der Waals surface area contributed by atoms with Crippen LogP contribution in [0.3, 0.4) is 0 Å². The monoisotopic (exact) mass is 538 g/mol. The van der Waals surface area contributed by atoms with E-state index in [-0.39, 0.29) is 11.5 Å². The molecule has 33 heavy (non-hydrogen) atoms. The van der Waals surface area contributed by atoms with Crippen molar-refractivity contribution in [1.29, 1.82) is 0 Å². The molecule has 0 radical (unpaired) electrons. The molecule has 0 atom stereocenters. The topological polar surface area (TPSA) is 76.3 Å². The lowest BCUT2D eigenvalue weighted by Gasteiger charge is -2.15. The van der Waals surface area contributed by atoms with E-state index in [9.17, 15) is 9.59 Å². The van der Waals surface area contributed by atoms with Gasteiger partial charge in [0.1, 0.15) is 4.83 Å². The summed E-state index contributed by atoms with van der Waals surface area (Å²) in [6.45, 7) is 5.77. The van der Waals surface area contributed by atoms with Gasteiger partial charge >= 0.3 is 0 Å². The Labute approximate surface area is 206 Å². The highest BCUT2D eigenvalue weighted by Crippen LogP contribution is 2.31. The Kier molecular flexibility index (Phi) is 5.72. The molecule has 0 saturated heterocycles. The third kappa shape index (κ3) is 4.16. The highest BCUT2D eigenvalue weighted by molar-refractivity contribution is 9.10. The summed E-state index contributed by atoms with van der Waals surface area (Å²) in [7, 11) is 0. The van der Waals surface area contributed by atoms with Gasteiger partial charge in [0.25, 0.3) is 11.5 Å². The lowest BCUT2D eigenvalue weighted by atomic mass is 10.1. The van der Waals surface area contributed by atoms with Gasteiger partial charge in [0.2, 0.25) is 0 Å². The number of thiophene rings is 1. The Hall–Kier alpha value is -2.75. The molecule has 4 aromatic rings. The summed E-state index contributed by atoms with van der Waals surface area (Å²) in [6.07, 6.45) is 0. The van der Waals surface area contributed by atoms with Crippen LogP contribution in [-0.4, -0.2) is 27.0 Å². The number of carbonyl (C=O) groups is 1. The lowest BCUT2D eigenvalue weighted by Crippen LogP contribution is -2.25. The first-order chi connectivity index (χ1) is 15.8. The third-order valence-corrected chi connectivity index (χ3v) is 7.93. The maximum Gasteiger partial charge on any atom is 0.283 e. The van der Waals surface area contributed by atoms with E-state index >= 15 is 0 Å². The summed E-state index contributed by atoms with van der Waals surface area (Å²) in [4.78, 5) is 32.2. The van der Waals surface area contributed by atoms with Crippen LogP contribution in [0.25, 0.3) is 10.2 Å². The number of anilines is 1. The van der Waals surface area contributed by atoms with E-state index in [1.54, 1.807) is 6.92 Å². The number of carbonyl (C=O) groups excluding carboxylic acids is 1. The lowest BCUT2D eigenvalue weighted by molar-refractivity contribution is 0.103. The van der Waals surface area contributed by atoms with Gasteiger partial charge in [-0.05, 0) is 67.3 Å². The van der Waals surface area contributed by atoms with Gasteiger partial charge in [-0.2, -0.15) is 9.78 Å². The molecule has 5 rings (SSSR count). The molecule has 0 fully saturated rings. The minimum Gasteiger partial charge on any atom is -0.321 e. The Morgan fingerprint density at radius 1 is 1.12 bits per heavy atom. The van der Waals surface area contributed by atoms with Crippen LogP contribution in [0.4, 0.5) is 5.69 Å². The largest absolute Gasteiger partial charge is 0.321 e. The number of nitrogens with zero attached hydrogens (tertiary/aromatic N) is 3. The van der Waals surface area contributed by atoms with E-state index < -0.39 is 0 Å². The quantitative estimate of drug-likeness (QED) is 0.336. The molecule has 3 heterocycles. The molecule has 0 saturated carbocycles. The van der Waals surface area contributed by atoms with Crippen molar-refractivity contribution in [1.82, 2.24) is 9.66 Å². The number of hydrogen-bond donors (Lipinski definition) is 1. The summed E-state index contributed by atoms with van der Waals surface area (Å²) in [6, 6.07) is 13.7. The molecule has 9 heteroatoms. The predicted molar refractivity (Wildman–Crippen MR) is 139 cm³/mol. The SMILES string of the molecule is Cc1cc(C)cc(NC(=O)c2sc3nc4n(c(=O)c3c2C)N=C(c2cccc(Br)c2)CS4)c1. The standard InChI is InChI=1S/C24H19BrN4O2S2/c1-12-7-13(2)9-17(8-12)26-21(30)20-14(3)19-22(33-20)27-24-29(23(19)31)28-18(11-32-24)15-5-4-6-16(25)10-15/h4-10H,11H2,1-3H3,(H,26,30). The van der Waals surface area contributed by atoms with Gasteiger partial charge in [-0.25, -0.2) is 4.98 Å². The summed E-state index contributed by atoms with van der Waals surface area (Å²) in [5.41, 5.74) is 5.00. The number of fused-ring (bicyclic) bond motifs is 2. The molecular formula is C24H19BrN4O2S2. The van der Waals surface area contributed by atoms with Crippen molar-refractivity contribution in [2.75, 3.05) is 11.1 Å². The fourth-order valence-corrected chi connectivity index (χ4v) is 6.30. The average Bonchev–Trinajstić information content (AvgIpc) is 3.09. The molecule has 0 spiro atoms. The number of benzene rings is 2. The molecular weight excluding hydrogens is 520 g/mol. The highest BCUT2D eigenvalue weighted by Gasteiger charge is 2.24. The fraction of sp³-hybridized carbons (Fsp3) is 0.167. The van der Waals surface area contributed by atoms with E-state index in [1.165, 1.54) is 27.8 Å². The fourth-order valence-electron chi connectivity index (χ4n) is 3.88. The second-order valence-electron chi connectivity index (χ2n) is 7.92. The smallest absolute Gasteiger partial charge is 0.283 e. The van der Waals surface area contributed by atoms with E-state index in [0.717, 1.165) is 32.6 Å². The molecule has 2 aromatic heterocycles. The van der Waals surface area contributed by atoms with Crippen molar-refractivity contribution >= 4 is 66.6 Å². The number of hydrogen-bond acceptors (Lipinski definition) is 6. The van der Waals surface area contributed by atoms with Crippen molar-refractivity contribution in [2.24, 2.45) is 5.10 Å². The molecule has 6 nitrogen and oxygen atoms in total. The van der Waals surface area contributed by atoms with E-state index in [4.69, 9.17) is 0 Å². The molecule has 0 unspecified atom stereocenters. The summed E-state index contributed by atoms with van der Waals surface area (Å²) in [5.74, 6) is 0.368. The predicted octanol–water partition coefficient (Wildman–Crippen LogP) is 5.76. The van der Waals surface area contributed by atoms with Gasteiger partial charge in [0.15, 0.2) is 5.16 Å². The molecule has 1 N–H and O–H groups in total. The van der Waals surface area contributed by atoms with Crippen LogP contribution >= 0.6 is 39.0 Å². The third-order valence-electron chi connectivity index (χ3n) is 5.32. The van der Waals surface area contributed by atoms with Crippen molar-refractivity contribution in [3.63, 3.8) is 0 Å². The number of halogens is 1. The molecule has 1 aliphatic rings. The number of amides is 1. The zero-order chi connectivity index (χ0) is 23.3. The van der Waals surface area contributed by atoms with Gasteiger partial charge in [-0.15, -0.1) is 11.3 Å². The summed E-state index contributed by atoms with van der Waals surface area (Å²) >= 11 is 6.19. The molecule has 0 aliphatic carbocycles. The first-order valence-corrected chi connectivity index (χ1v) is 12.8. The van der Waals surface area contributed by atoms with Gasteiger partial charge < -0.3 is 5.32 Å². The number of aromatic nitrogens is 2. The Balaban J connectivity index is 1.56. The van der Waals surface area contributed by atoms with Gasteiger partial charge in [0.05, 0.1) is 16.0 Å². The summed E-state index contributed by atoms with van der Waals surface area (Å²) < 4.78 is 2.31. The number of rotatable bonds is 3. The highest BCUT2D eigenvalue weighted by atomic mass is 79.9. The normalized spacial score (nSPS) is 13.0. The average molecular weight is 539 g/mol. The second kappa shape index (κ2) is 8.55. The van der Waals surface area contributed by atoms with Crippen LogP contribution < -0.4 is 10.9 Å². The first-order valence-electron chi connectivity index (χ1n) is 10.2. The number of aryl methyl sites for hydroxylation is 3. The Morgan fingerprint density at radius 3 is 2.61 bits per heavy atom. The first kappa shape index (κ1) is 22.1. The number of nitrogens with one attached hydrogen (secondary N) is 1. The zero-order valence-electron chi connectivity index (χ0n) is 18.1. The molecule has 1 aliphatic heterocycles. The molecule has 166 valence electrons. The molecule has 1 amide bonds. The van der Waals surface area contributed by atoms with Crippen LogP contribution in [-0.2, 0) is 0 Å². The van der Waals surface area contributed by atoms with Crippen molar-refractivity contribution < 1.29 is 4.79 Å². The van der Waals surface area contributed by atoms with Crippen molar-refractivity contribution in [3.8, 4) is 0 Å².